The monoisotopic (exact) mass is 276 g/mol. The number of carbonyl (C=O) groups is 3. The number of nitrogens with zero attached hydrogens (tertiary/aromatic N) is 1. The fourth-order valence-electron chi connectivity index (χ4n) is 2.48. The van der Waals surface area contributed by atoms with Crippen LogP contribution >= 0.6 is 0 Å². The Morgan fingerprint density at radius 3 is 2.15 bits per heavy atom. The molecule has 106 valence electrons. The summed E-state index contributed by atoms with van der Waals surface area (Å²) in [6.07, 6.45) is -0.679. The first-order chi connectivity index (χ1) is 9.47. The molecule has 0 fully saturated rings. The number of fused-ring (bicyclic) bond motifs is 1. The van der Waals surface area contributed by atoms with Crippen LogP contribution < -0.4 is 5.32 Å². The number of hydrogen-bond acceptors (Lipinski definition) is 3. The summed E-state index contributed by atoms with van der Waals surface area (Å²) in [5.41, 5.74) is 0.740. The van der Waals surface area contributed by atoms with E-state index in [4.69, 9.17) is 5.11 Å². The van der Waals surface area contributed by atoms with Gasteiger partial charge in [0, 0.05) is 0 Å². The van der Waals surface area contributed by atoms with Crippen molar-refractivity contribution in [2.24, 2.45) is 0 Å². The Labute approximate surface area is 116 Å². The molecule has 0 bridgehead atoms. The van der Waals surface area contributed by atoms with E-state index in [9.17, 15) is 14.4 Å². The summed E-state index contributed by atoms with van der Waals surface area (Å²) in [5, 5.41) is 11.2. The third-order valence-electron chi connectivity index (χ3n) is 3.56. The van der Waals surface area contributed by atoms with E-state index < -0.39 is 18.2 Å². The lowest BCUT2D eigenvalue weighted by atomic mass is 10.1. The third kappa shape index (κ3) is 2.24. The predicted octanol–water partition coefficient (Wildman–Crippen LogP) is 1.72. The van der Waals surface area contributed by atoms with E-state index in [1.165, 1.54) is 0 Å². The van der Waals surface area contributed by atoms with Crippen LogP contribution in [0.1, 0.15) is 41.0 Å². The lowest BCUT2D eigenvalue weighted by Gasteiger charge is -2.29. The highest BCUT2D eigenvalue weighted by atomic mass is 16.4. The summed E-state index contributed by atoms with van der Waals surface area (Å²) in [6.45, 7) is 3.47. The maximum atomic E-state index is 12.3. The van der Waals surface area contributed by atoms with E-state index in [2.05, 4.69) is 5.32 Å². The van der Waals surface area contributed by atoms with Gasteiger partial charge in [-0.15, -0.1) is 0 Å². The first-order valence-electron chi connectivity index (χ1n) is 6.43. The van der Waals surface area contributed by atoms with Gasteiger partial charge in [-0.05, 0) is 25.5 Å². The molecule has 2 N–H and O–H groups in total. The minimum atomic E-state index is -1.17. The minimum absolute atomic E-state index is 0.370. The van der Waals surface area contributed by atoms with Gasteiger partial charge in [0.25, 0.3) is 11.8 Å². The molecule has 2 rings (SSSR count). The Morgan fingerprint density at radius 2 is 1.75 bits per heavy atom. The Hall–Kier alpha value is -2.37. The summed E-state index contributed by atoms with van der Waals surface area (Å²) in [4.78, 5) is 36.5. The molecule has 2 atom stereocenters. The van der Waals surface area contributed by atoms with Gasteiger partial charge in [0.1, 0.15) is 0 Å². The highest BCUT2D eigenvalue weighted by Gasteiger charge is 2.40. The molecule has 0 saturated heterocycles. The number of rotatable bonds is 4. The van der Waals surface area contributed by atoms with Crippen LogP contribution in [-0.2, 0) is 0 Å². The maximum absolute atomic E-state index is 12.3. The number of imide groups is 1. The van der Waals surface area contributed by atoms with Crippen molar-refractivity contribution >= 4 is 17.9 Å². The minimum Gasteiger partial charge on any atom is -0.465 e. The van der Waals surface area contributed by atoms with Crippen molar-refractivity contribution in [3.63, 3.8) is 0 Å². The van der Waals surface area contributed by atoms with Gasteiger partial charge >= 0.3 is 6.09 Å². The SMILES string of the molecule is CC[C@H](NC(=O)O)[C@@H](C)N1C(=O)c2ccccc2C1=O. The normalized spacial score (nSPS) is 16.8. The molecule has 0 aliphatic carbocycles. The van der Waals surface area contributed by atoms with E-state index in [1.807, 2.05) is 0 Å². The third-order valence-corrected chi connectivity index (χ3v) is 3.56. The standard InChI is InChI=1S/C14H16N2O4/c1-3-11(15-14(19)20)8(2)16-12(17)9-6-4-5-7-10(9)13(16)18/h4-8,11,15H,3H2,1-2H3,(H,19,20)/t8-,11+/m1/s1. The van der Waals surface area contributed by atoms with Gasteiger partial charge in [-0.2, -0.15) is 0 Å². The van der Waals surface area contributed by atoms with Gasteiger partial charge in [0.2, 0.25) is 0 Å². The number of hydrogen-bond donors (Lipinski definition) is 2. The Morgan fingerprint density at radius 1 is 1.25 bits per heavy atom. The number of carbonyl (C=O) groups excluding carboxylic acids is 2. The summed E-state index contributed by atoms with van der Waals surface area (Å²) >= 11 is 0. The van der Waals surface area contributed by atoms with Crippen LogP contribution in [0.4, 0.5) is 4.79 Å². The van der Waals surface area contributed by atoms with Crippen molar-refractivity contribution in [1.82, 2.24) is 10.2 Å². The topological polar surface area (TPSA) is 86.7 Å². The second-order valence-electron chi connectivity index (χ2n) is 4.73. The number of nitrogens with one attached hydrogen (secondary N) is 1. The molecule has 1 aliphatic rings. The van der Waals surface area contributed by atoms with Crippen molar-refractivity contribution in [2.45, 2.75) is 32.4 Å². The Bertz CT molecular complexity index is 535. The van der Waals surface area contributed by atoms with Crippen LogP contribution in [-0.4, -0.2) is 40.0 Å². The van der Waals surface area contributed by atoms with Gasteiger partial charge in [-0.25, -0.2) is 4.79 Å². The van der Waals surface area contributed by atoms with Crippen molar-refractivity contribution < 1.29 is 19.5 Å². The van der Waals surface area contributed by atoms with Gasteiger partial charge in [-0.3, -0.25) is 14.5 Å². The molecule has 0 radical (unpaired) electrons. The lowest BCUT2D eigenvalue weighted by molar-refractivity contribution is 0.0559. The fourth-order valence-corrected chi connectivity index (χ4v) is 2.48. The Balaban J connectivity index is 2.28. The molecule has 0 spiro atoms. The van der Waals surface area contributed by atoms with Crippen LogP contribution in [0.2, 0.25) is 0 Å². The van der Waals surface area contributed by atoms with E-state index in [1.54, 1.807) is 38.1 Å². The quantitative estimate of drug-likeness (QED) is 0.820. The predicted molar refractivity (Wildman–Crippen MR) is 71.6 cm³/mol. The highest BCUT2D eigenvalue weighted by Crippen LogP contribution is 2.25. The molecule has 0 unspecified atom stereocenters. The van der Waals surface area contributed by atoms with Crippen LogP contribution in [0, 0.1) is 0 Å². The maximum Gasteiger partial charge on any atom is 0.404 e. The van der Waals surface area contributed by atoms with Crippen LogP contribution in [0.3, 0.4) is 0 Å². The molecule has 1 aliphatic heterocycles. The molecule has 1 aromatic carbocycles. The first kappa shape index (κ1) is 14.0. The largest absolute Gasteiger partial charge is 0.465 e. The summed E-state index contributed by atoms with van der Waals surface area (Å²) in [5.74, 6) is -0.743. The van der Waals surface area contributed by atoms with Crippen LogP contribution in [0.25, 0.3) is 0 Å². The van der Waals surface area contributed by atoms with Crippen molar-refractivity contribution in [3.8, 4) is 0 Å². The second kappa shape index (κ2) is 5.32. The molecular weight excluding hydrogens is 260 g/mol. The molecule has 0 aromatic heterocycles. The molecule has 20 heavy (non-hydrogen) atoms. The average molecular weight is 276 g/mol. The van der Waals surface area contributed by atoms with Gasteiger partial charge in [0.05, 0.1) is 23.2 Å². The van der Waals surface area contributed by atoms with Crippen LogP contribution in [0.5, 0.6) is 0 Å². The van der Waals surface area contributed by atoms with E-state index in [0.717, 1.165) is 4.90 Å². The van der Waals surface area contributed by atoms with Crippen molar-refractivity contribution in [2.75, 3.05) is 0 Å². The zero-order valence-electron chi connectivity index (χ0n) is 11.3. The average Bonchev–Trinajstić information content (AvgIpc) is 2.68. The summed E-state index contributed by atoms with van der Waals surface area (Å²) < 4.78 is 0. The Kier molecular flexibility index (Phi) is 3.74. The number of carboxylic acid groups (broad SMARTS) is 1. The molecular formula is C14H16N2O4. The molecule has 3 amide bonds. The van der Waals surface area contributed by atoms with Gasteiger partial charge in [0.15, 0.2) is 0 Å². The van der Waals surface area contributed by atoms with Gasteiger partial charge < -0.3 is 10.4 Å². The molecule has 6 nitrogen and oxygen atoms in total. The van der Waals surface area contributed by atoms with Crippen molar-refractivity contribution in [3.05, 3.63) is 35.4 Å². The fraction of sp³-hybridized carbons (Fsp3) is 0.357. The van der Waals surface area contributed by atoms with Crippen LogP contribution in [0.15, 0.2) is 24.3 Å². The number of benzene rings is 1. The smallest absolute Gasteiger partial charge is 0.404 e. The summed E-state index contributed by atoms with van der Waals surface area (Å²) in [6, 6.07) is 5.58. The molecule has 1 aromatic rings. The molecule has 6 heteroatoms. The second-order valence-corrected chi connectivity index (χ2v) is 4.73. The first-order valence-corrected chi connectivity index (χ1v) is 6.43. The highest BCUT2D eigenvalue weighted by molar-refractivity contribution is 6.21. The van der Waals surface area contributed by atoms with E-state index in [0.29, 0.717) is 17.5 Å². The van der Waals surface area contributed by atoms with E-state index in [-0.39, 0.29) is 11.8 Å². The number of amides is 3. The lowest BCUT2D eigenvalue weighted by Crippen LogP contribution is -2.51. The molecule has 0 saturated carbocycles. The van der Waals surface area contributed by atoms with Gasteiger partial charge in [-0.1, -0.05) is 19.1 Å². The molecule has 1 heterocycles. The zero-order chi connectivity index (χ0) is 14.9. The summed E-state index contributed by atoms with van der Waals surface area (Å²) in [7, 11) is 0. The zero-order valence-corrected chi connectivity index (χ0v) is 11.3. The van der Waals surface area contributed by atoms with E-state index >= 15 is 0 Å². The van der Waals surface area contributed by atoms with Crippen molar-refractivity contribution in [1.29, 1.82) is 0 Å².